The van der Waals surface area contributed by atoms with Crippen molar-refractivity contribution in [3.63, 3.8) is 0 Å². The molecular formula is C26H37N5O2S. The van der Waals surface area contributed by atoms with Crippen LogP contribution in [0.5, 0.6) is 0 Å². The number of carbonyl (C=O) groups excluding carboxylic acids is 2. The van der Waals surface area contributed by atoms with Crippen molar-refractivity contribution in [3.05, 3.63) is 52.2 Å². The summed E-state index contributed by atoms with van der Waals surface area (Å²) < 4.78 is 0. The number of para-hydroxylation sites is 1. The van der Waals surface area contributed by atoms with E-state index in [1.165, 1.54) is 11.3 Å². The maximum Gasteiger partial charge on any atom is 0.261 e. The van der Waals surface area contributed by atoms with Crippen molar-refractivity contribution < 1.29 is 9.59 Å². The normalized spacial score (nSPS) is 17.9. The third-order valence-electron chi connectivity index (χ3n) is 6.79. The van der Waals surface area contributed by atoms with Crippen LogP contribution in [0.25, 0.3) is 0 Å². The number of piperazine rings is 1. The Balaban J connectivity index is 1.30. The zero-order valence-corrected chi connectivity index (χ0v) is 21.2. The van der Waals surface area contributed by atoms with Gasteiger partial charge in [-0.3, -0.25) is 14.5 Å². The summed E-state index contributed by atoms with van der Waals surface area (Å²) in [4.78, 5) is 35.6. The number of hydrogen-bond donors (Lipinski definition) is 1. The van der Waals surface area contributed by atoms with Crippen molar-refractivity contribution in [3.8, 4) is 0 Å². The number of thiophene rings is 1. The largest absolute Gasteiger partial charge is 0.371 e. The summed E-state index contributed by atoms with van der Waals surface area (Å²) in [6.45, 7) is 7.31. The molecule has 2 aliphatic heterocycles. The molecule has 34 heavy (non-hydrogen) atoms. The van der Waals surface area contributed by atoms with E-state index in [1.807, 2.05) is 40.6 Å². The van der Waals surface area contributed by atoms with Crippen molar-refractivity contribution in [1.82, 2.24) is 20.0 Å². The van der Waals surface area contributed by atoms with Gasteiger partial charge in [-0.15, -0.1) is 11.3 Å². The Morgan fingerprint density at radius 1 is 1.00 bits per heavy atom. The van der Waals surface area contributed by atoms with Crippen molar-refractivity contribution in [2.45, 2.75) is 25.3 Å². The van der Waals surface area contributed by atoms with Gasteiger partial charge in [0.05, 0.1) is 10.4 Å². The zero-order chi connectivity index (χ0) is 23.9. The second kappa shape index (κ2) is 11.8. The molecule has 0 atom stereocenters. The van der Waals surface area contributed by atoms with Gasteiger partial charge in [-0.05, 0) is 70.0 Å². The summed E-state index contributed by atoms with van der Waals surface area (Å²) in [6, 6.07) is 11.9. The smallest absolute Gasteiger partial charge is 0.261 e. The van der Waals surface area contributed by atoms with Gasteiger partial charge in [0.2, 0.25) is 0 Å². The molecule has 2 saturated heterocycles. The minimum Gasteiger partial charge on any atom is -0.371 e. The number of anilines is 1. The highest BCUT2D eigenvalue weighted by Crippen LogP contribution is 2.26. The fourth-order valence-corrected chi connectivity index (χ4v) is 5.44. The molecular weight excluding hydrogens is 446 g/mol. The van der Waals surface area contributed by atoms with Gasteiger partial charge >= 0.3 is 0 Å². The lowest BCUT2D eigenvalue weighted by molar-refractivity contribution is 0.0634. The highest BCUT2D eigenvalue weighted by molar-refractivity contribution is 7.12. The third-order valence-corrected chi connectivity index (χ3v) is 7.66. The second-order valence-electron chi connectivity index (χ2n) is 9.52. The first-order valence-electron chi connectivity index (χ1n) is 12.4. The summed E-state index contributed by atoms with van der Waals surface area (Å²) in [5.74, 6) is 0.154. The number of amides is 2. The molecule has 2 aromatic rings. The topological polar surface area (TPSA) is 59.1 Å². The van der Waals surface area contributed by atoms with Gasteiger partial charge in [-0.25, -0.2) is 0 Å². The first-order valence-corrected chi connectivity index (χ1v) is 13.2. The Morgan fingerprint density at radius 3 is 2.41 bits per heavy atom. The zero-order valence-electron chi connectivity index (χ0n) is 20.4. The van der Waals surface area contributed by atoms with E-state index < -0.39 is 0 Å². The summed E-state index contributed by atoms with van der Waals surface area (Å²) in [6.07, 6.45) is 2.92. The van der Waals surface area contributed by atoms with Crippen LogP contribution < -0.4 is 10.2 Å². The molecule has 0 saturated carbocycles. The van der Waals surface area contributed by atoms with Crippen molar-refractivity contribution >= 4 is 28.8 Å². The Kier molecular flexibility index (Phi) is 8.59. The molecule has 1 aromatic carbocycles. The van der Waals surface area contributed by atoms with Gasteiger partial charge in [0.15, 0.2) is 0 Å². The standard InChI is InChI=1S/C26H37N5O2S/c1-28(2)12-6-13-29-16-18-31(19-17-29)26(33)22-7-3-4-8-23(22)30-14-10-21(11-15-30)27-25(32)24-9-5-20-34-24/h3-5,7-9,20-21H,6,10-19H2,1-2H3,(H,27,32). The van der Waals surface area contributed by atoms with Crippen LogP contribution in [0.1, 0.15) is 39.3 Å². The van der Waals surface area contributed by atoms with E-state index in [2.05, 4.69) is 40.2 Å². The van der Waals surface area contributed by atoms with E-state index in [0.717, 1.165) is 87.7 Å². The van der Waals surface area contributed by atoms with E-state index in [1.54, 1.807) is 0 Å². The van der Waals surface area contributed by atoms with Crippen LogP contribution in [0.15, 0.2) is 41.8 Å². The van der Waals surface area contributed by atoms with E-state index in [0.29, 0.717) is 0 Å². The third kappa shape index (κ3) is 6.37. The van der Waals surface area contributed by atoms with Crippen molar-refractivity contribution in [2.24, 2.45) is 0 Å². The van der Waals surface area contributed by atoms with E-state index in [9.17, 15) is 9.59 Å². The lowest BCUT2D eigenvalue weighted by atomic mass is 10.0. The molecule has 0 bridgehead atoms. The van der Waals surface area contributed by atoms with Crippen molar-refractivity contribution in [1.29, 1.82) is 0 Å². The molecule has 2 fully saturated rings. The Morgan fingerprint density at radius 2 is 1.74 bits per heavy atom. The Bertz CT molecular complexity index is 932. The SMILES string of the molecule is CN(C)CCCN1CCN(C(=O)c2ccccc2N2CCC(NC(=O)c3cccs3)CC2)CC1. The van der Waals surface area contributed by atoms with E-state index in [4.69, 9.17) is 0 Å². The highest BCUT2D eigenvalue weighted by Gasteiger charge is 2.27. The predicted molar refractivity (Wildman–Crippen MR) is 139 cm³/mol. The minimum absolute atomic E-state index is 0.0184. The van der Waals surface area contributed by atoms with Crippen molar-refractivity contribution in [2.75, 3.05) is 71.4 Å². The number of rotatable bonds is 8. The first kappa shape index (κ1) is 24.7. The lowest BCUT2D eigenvalue weighted by Crippen LogP contribution is -2.49. The van der Waals surface area contributed by atoms with Crippen LogP contribution in [0.2, 0.25) is 0 Å². The molecule has 1 aromatic heterocycles. The van der Waals surface area contributed by atoms with Gasteiger partial charge in [0.1, 0.15) is 0 Å². The molecule has 0 aliphatic carbocycles. The number of benzene rings is 1. The summed E-state index contributed by atoms with van der Waals surface area (Å²) in [5, 5.41) is 5.10. The van der Waals surface area contributed by atoms with Gasteiger partial charge in [-0.1, -0.05) is 18.2 Å². The van der Waals surface area contributed by atoms with Gasteiger partial charge in [0.25, 0.3) is 11.8 Å². The molecule has 0 spiro atoms. The molecule has 7 nitrogen and oxygen atoms in total. The molecule has 2 aliphatic rings. The highest BCUT2D eigenvalue weighted by atomic mass is 32.1. The average molecular weight is 484 g/mol. The quantitative estimate of drug-likeness (QED) is 0.626. The lowest BCUT2D eigenvalue weighted by Gasteiger charge is -2.37. The molecule has 0 radical (unpaired) electrons. The molecule has 4 rings (SSSR count). The second-order valence-corrected chi connectivity index (χ2v) is 10.5. The summed E-state index contributed by atoms with van der Waals surface area (Å²) >= 11 is 1.47. The fraction of sp³-hybridized carbons (Fsp3) is 0.538. The molecule has 8 heteroatoms. The molecule has 184 valence electrons. The van der Waals surface area contributed by atoms with Gasteiger partial charge in [0, 0.05) is 51.0 Å². The number of piperidine rings is 1. The fourth-order valence-electron chi connectivity index (χ4n) is 4.81. The van der Waals surface area contributed by atoms with Crippen LogP contribution in [-0.4, -0.2) is 99.0 Å². The van der Waals surface area contributed by atoms with Crippen LogP contribution >= 0.6 is 11.3 Å². The number of nitrogens with zero attached hydrogens (tertiary/aromatic N) is 4. The Labute approximate surface area is 207 Å². The molecule has 0 unspecified atom stereocenters. The maximum absolute atomic E-state index is 13.4. The predicted octanol–water partition coefficient (Wildman–Crippen LogP) is 2.86. The summed E-state index contributed by atoms with van der Waals surface area (Å²) in [5.41, 5.74) is 1.81. The monoisotopic (exact) mass is 483 g/mol. The van der Waals surface area contributed by atoms with Gasteiger partial charge < -0.3 is 20.0 Å². The average Bonchev–Trinajstić information content (AvgIpc) is 3.40. The van der Waals surface area contributed by atoms with Crippen LogP contribution in [-0.2, 0) is 0 Å². The van der Waals surface area contributed by atoms with E-state index >= 15 is 0 Å². The molecule has 3 heterocycles. The minimum atomic E-state index is 0.0184. The summed E-state index contributed by atoms with van der Waals surface area (Å²) in [7, 11) is 4.22. The molecule has 1 N–H and O–H groups in total. The maximum atomic E-state index is 13.4. The number of carbonyl (C=O) groups is 2. The number of hydrogen-bond acceptors (Lipinski definition) is 6. The van der Waals surface area contributed by atoms with Crippen LogP contribution in [0, 0.1) is 0 Å². The Hall–Kier alpha value is -2.42. The molecule has 2 amide bonds. The van der Waals surface area contributed by atoms with Gasteiger partial charge in [-0.2, -0.15) is 0 Å². The van der Waals surface area contributed by atoms with Crippen LogP contribution in [0.3, 0.4) is 0 Å². The van der Waals surface area contributed by atoms with E-state index in [-0.39, 0.29) is 17.9 Å². The number of nitrogens with one attached hydrogen (secondary N) is 1. The first-order chi connectivity index (χ1) is 16.5. The van der Waals surface area contributed by atoms with Crippen LogP contribution in [0.4, 0.5) is 5.69 Å².